The zero-order valence-electron chi connectivity index (χ0n) is 25.7. The molecule has 0 saturated heterocycles. The Morgan fingerprint density at radius 2 is 0.933 bits per heavy atom. The van der Waals surface area contributed by atoms with Crippen LogP contribution in [0.15, 0.2) is 132 Å². The average Bonchev–Trinajstić information content (AvgIpc) is 3.61. The summed E-state index contributed by atoms with van der Waals surface area (Å²) >= 11 is -4.59. The second kappa shape index (κ2) is 10.5. The molecular weight excluding hydrogens is 623 g/mol. The number of rotatable bonds is 4. The summed E-state index contributed by atoms with van der Waals surface area (Å²) in [5, 5.41) is 4.99. The minimum atomic E-state index is -4.59. The molecule has 0 spiro atoms. The fourth-order valence-electron chi connectivity index (χ4n) is 8.29. The summed E-state index contributed by atoms with van der Waals surface area (Å²) in [6.07, 6.45) is 4.70. The monoisotopic (exact) mass is 656 g/mol. The molecular formula is C42H34Cl2Ti. The fourth-order valence-corrected chi connectivity index (χ4v) is 20.2. The van der Waals surface area contributed by atoms with E-state index in [1.807, 2.05) is 0 Å². The molecule has 2 aliphatic carbocycles. The van der Waals surface area contributed by atoms with E-state index < -0.39 is 12.7 Å². The molecule has 2 unspecified atom stereocenters. The first-order chi connectivity index (χ1) is 21.8. The predicted octanol–water partition coefficient (Wildman–Crippen LogP) is 12.8. The van der Waals surface area contributed by atoms with E-state index in [2.05, 4.69) is 159 Å². The Balaban J connectivity index is 1.27. The zero-order valence-corrected chi connectivity index (χ0v) is 28.8. The summed E-state index contributed by atoms with van der Waals surface area (Å²) < 4.78 is 2.17. The number of hydrogen-bond acceptors (Lipinski definition) is 0. The van der Waals surface area contributed by atoms with Crippen molar-refractivity contribution in [1.82, 2.24) is 0 Å². The first-order valence-corrected chi connectivity index (χ1v) is 22.8. The van der Waals surface area contributed by atoms with Crippen LogP contribution < -0.4 is 0 Å². The van der Waals surface area contributed by atoms with E-state index in [9.17, 15) is 0 Å². The second-order valence-electron chi connectivity index (χ2n) is 12.9. The van der Waals surface area contributed by atoms with Crippen LogP contribution in [0.25, 0.3) is 56.0 Å². The molecule has 45 heavy (non-hydrogen) atoms. The summed E-state index contributed by atoms with van der Waals surface area (Å²) in [6.45, 7) is 6.56. The number of allylic oxidation sites excluding steroid dienone is 2. The molecule has 6 aromatic rings. The summed E-state index contributed by atoms with van der Waals surface area (Å²) in [7, 11) is 16.4. The molecule has 0 aliphatic heterocycles. The van der Waals surface area contributed by atoms with Crippen molar-refractivity contribution >= 4 is 56.6 Å². The standard InChI is InChI=1S/2C20H15.C2H4.2ClH.Ti/c2*1-14-11-17-7-4-8-19(20(17)12-14)18-10-9-15-5-2-3-6-16(15)13-18;1-2;;;/h2*2-13H,1H3;1H,2H3;2*1H;/q;;;;;+2/p-2. The molecule has 0 bridgehead atoms. The topological polar surface area (TPSA) is 0 Å². The molecule has 8 rings (SSSR count). The van der Waals surface area contributed by atoms with Gasteiger partial charge in [0.05, 0.1) is 0 Å². The second-order valence-corrected chi connectivity index (χ2v) is 27.2. The molecule has 3 heteroatoms. The van der Waals surface area contributed by atoms with Gasteiger partial charge in [0.1, 0.15) is 0 Å². The van der Waals surface area contributed by atoms with Crippen LogP contribution in [-0.4, -0.2) is 4.31 Å². The van der Waals surface area contributed by atoms with Crippen LogP contribution in [0.1, 0.15) is 51.5 Å². The van der Waals surface area contributed by atoms with Crippen LogP contribution in [0.3, 0.4) is 0 Å². The van der Waals surface area contributed by atoms with Crippen LogP contribution in [0.2, 0.25) is 0 Å². The van der Waals surface area contributed by atoms with Crippen LogP contribution in [0.4, 0.5) is 0 Å². The van der Waals surface area contributed by atoms with Crippen molar-refractivity contribution in [3.8, 4) is 22.3 Å². The van der Waals surface area contributed by atoms with E-state index in [-0.39, 0.29) is 8.45 Å². The Hall–Kier alpha value is -3.52. The van der Waals surface area contributed by atoms with E-state index in [0.717, 1.165) is 0 Å². The Morgan fingerprint density at radius 1 is 0.511 bits per heavy atom. The SMILES string of the molecule is C[CH]=[Ti]([Cl])([Cl])([CH]1C(C)=Cc2c(-c3ccc4ccccc4c3)cccc21)[CH]1C(C)=Cc2c(-c3ccc4ccccc4c3)cccc21. The molecule has 0 N–H and O–H groups in total. The molecule has 220 valence electrons. The van der Waals surface area contributed by atoms with E-state index in [1.54, 1.807) is 0 Å². The van der Waals surface area contributed by atoms with Gasteiger partial charge in [-0.2, -0.15) is 0 Å². The van der Waals surface area contributed by atoms with Crippen molar-refractivity contribution in [2.24, 2.45) is 0 Å². The van der Waals surface area contributed by atoms with E-state index in [0.29, 0.717) is 0 Å². The van der Waals surface area contributed by atoms with Crippen molar-refractivity contribution in [3.05, 3.63) is 155 Å². The van der Waals surface area contributed by atoms with Gasteiger partial charge in [0.25, 0.3) is 0 Å². The van der Waals surface area contributed by atoms with E-state index in [4.69, 9.17) is 18.6 Å². The molecule has 0 amide bonds. The summed E-state index contributed by atoms with van der Waals surface area (Å²) in [6, 6.07) is 44.0. The van der Waals surface area contributed by atoms with Gasteiger partial charge in [-0.05, 0) is 0 Å². The van der Waals surface area contributed by atoms with Crippen molar-refractivity contribution in [2.75, 3.05) is 0 Å². The maximum atomic E-state index is 8.21. The third-order valence-electron chi connectivity index (χ3n) is 10.3. The number of benzene rings is 6. The van der Waals surface area contributed by atoms with Crippen LogP contribution in [0.5, 0.6) is 0 Å². The third-order valence-corrected chi connectivity index (χ3v) is 23.3. The van der Waals surface area contributed by atoms with Gasteiger partial charge in [0, 0.05) is 0 Å². The number of hydrogen-bond donors (Lipinski definition) is 0. The number of halogens is 2. The predicted molar refractivity (Wildman–Crippen MR) is 195 cm³/mol. The molecule has 0 fully saturated rings. The quantitative estimate of drug-likeness (QED) is 0.166. The molecule has 6 aromatic carbocycles. The van der Waals surface area contributed by atoms with Crippen LogP contribution in [0, 0.1) is 0 Å². The molecule has 0 saturated carbocycles. The Labute approximate surface area is 273 Å². The molecule has 0 nitrogen and oxygen atoms in total. The van der Waals surface area contributed by atoms with Crippen molar-refractivity contribution in [2.45, 2.75) is 29.2 Å². The Morgan fingerprint density at radius 3 is 1.36 bits per heavy atom. The van der Waals surface area contributed by atoms with Gasteiger partial charge < -0.3 is 0 Å². The summed E-state index contributed by atoms with van der Waals surface area (Å²) in [5.74, 6) is 0. The zero-order chi connectivity index (χ0) is 30.9. The number of fused-ring (bicyclic) bond motifs is 4. The minimum absolute atomic E-state index is 0.0330. The van der Waals surface area contributed by atoms with Crippen LogP contribution in [-0.2, 0) is 12.7 Å². The van der Waals surface area contributed by atoms with Crippen molar-refractivity contribution in [3.63, 3.8) is 0 Å². The Bertz CT molecular complexity index is 2170. The van der Waals surface area contributed by atoms with Gasteiger partial charge in [0.2, 0.25) is 0 Å². The van der Waals surface area contributed by atoms with Gasteiger partial charge in [-0.15, -0.1) is 0 Å². The summed E-state index contributed by atoms with van der Waals surface area (Å²) in [5.41, 5.74) is 12.4. The normalized spacial score (nSPS) is 17.6. The van der Waals surface area contributed by atoms with Crippen LogP contribution >= 0.6 is 18.6 Å². The van der Waals surface area contributed by atoms with Crippen molar-refractivity contribution < 1.29 is 12.7 Å². The molecule has 0 aromatic heterocycles. The van der Waals surface area contributed by atoms with Gasteiger partial charge in [-0.1, -0.05) is 0 Å². The van der Waals surface area contributed by atoms with Crippen molar-refractivity contribution in [1.29, 1.82) is 0 Å². The molecule has 2 aliphatic rings. The van der Waals surface area contributed by atoms with E-state index >= 15 is 0 Å². The van der Waals surface area contributed by atoms with Gasteiger partial charge in [-0.3, -0.25) is 0 Å². The van der Waals surface area contributed by atoms with Gasteiger partial charge in [0.15, 0.2) is 0 Å². The molecule has 0 heterocycles. The molecule has 0 radical (unpaired) electrons. The molecule has 2 atom stereocenters. The Kier molecular flexibility index (Phi) is 6.76. The van der Waals surface area contributed by atoms with Gasteiger partial charge >= 0.3 is 276 Å². The van der Waals surface area contributed by atoms with Gasteiger partial charge in [-0.25, -0.2) is 0 Å². The summed E-state index contributed by atoms with van der Waals surface area (Å²) in [4.78, 5) is 0. The third kappa shape index (κ3) is 4.42. The first kappa shape index (κ1) is 28.9. The maximum absolute atomic E-state index is 8.21. The fraction of sp³-hybridized carbons (Fsp3) is 0.119. The average molecular weight is 658 g/mol. The van der Waals surface area contributed by atoms with E-state index in [1.165, 1.54) is 77.2 Å². The first-order valence-electron chi connectivity index (χ1n) is 15.7.